The van der Waals surface area contributed by atoms with Gasteiger partial charge in [0.25, 0.3) is 0 Å². The molecule has 0 saturated heterocycles. The highest BCUT2D eigenvalue weighted by Crippen LogP contribution is 2.31. The Kier molecular flexibility index (Phi) is 3.19. The highest BCUT2D eigenvalue weighted by atomic mass is 15.0. The first kappa shape index (κ1) is 10.4. The topological polar surface area (TPSA) is 37.8 Å². The van der Waals surface area contributed by atoms with Gasteiger partial charge in [-0.05, 0) is 25.2 Å². The lowest BCUT2D eigenvalue weighted by Crippen LogP contribution is -2.04. The summed E-state index contributed by atoms with van der Waals surface area (Å²) in [6.07, 6.45) is 5.97. The third-order valence-electron chi connectivity index (χ3n) is 2.76. The first-order valence-electron chi connectivity index (χ1n) is 5.86. The van der Waals surface area contributed by atoms with Crippen LogP contribution in [0.15, 0.2) is 6.07 Å². The van der Waals surface area contributed by atoms with Gasteiger partial charge in [0.15, 0.2) is 0 Å². The quantitative estimate of drug-likeness (QED) is 0.802. The van der Waals surface area contributed by atoms with Crippen molar-refractivity contribution in [3.8, 4) is 0 Å². The molecule has 1 heterocycles. The van der Waals surface area contributed by atoms with Gasteiger partial charge in [-0.1, -0.05) is 13.3 Å². The minimum atomic E-state index is 0.853. The summed E-state index contributed by atoms with van der Waals surface area (Å²) >= 11 is 0. The minimum absolute atomic E-state index is 0.853. The van der Waals surface area contributed by atoms with E-state index in [4.69, 9.17) is 0 Å². The molecule has 0 bridgehead atoms. The van der Waals surface area contributed by atoms with Crippen molar-refractivity contribution in [2.45, 2.75) is 39.0 Å². The predicted molar refractivity (Wildman–Crippen MR) is 62.0 cm³/mol. The van der Waals surface area contributed by atoms with Crippen LogP contribution in [0.5, 0.6) is 0 Å². The molecule has 1 aromatic rings. The van der Waals surface area contributed by atoms with Gasteiger partial charge >= 0.3 is 0 Å². The van der Waals surface area contributed by atoms with Gasteiger partial charge in [0.1, 0.15) is 11.6 Å². The Balaban J connectivity index is 2.15. The van der Waals surface area contributed by atoms with Crippen molar-refractivity contribution in [2.75, 3.05) is 12.4 Å². The Morgan fingerprint density at radius 2 is 2.20 bits per heavy atom. The molecule has 1 saturated carbocycles. The zero-order valence-electron chi connectivity index (χ0n) is 9.58. The van der Waals surface area contributed by atoms with Gasteiger partial charge in [0.05, 0.1) is 0 Å². The van der Waals surface area contributed by atoms with Crippen LogP contribution < -0.4 is 5.32 Å². The van der Waals surface area contributed by atoms with Crippen LogP contribution in [0, 0.1) is 5.92 Å². The fourth-order valence-electron chi connectivity index (χ4n) is 1.74. The molecular formula is C12H19N3. The lowest BCUT2D eigenvalue weighted by Gasteiger charge is -2.06. The molecule has 3 nitrogen and oxygen atoms in total. The highest BCUT2D eigenvalue weighted by Gasteiger charge is 2.23. The maximum absolute atomic E-state index is 4.60. The van der Waals surface area contributed by atoms with Gasteiger partial charge in [0, 0.05) is 25.2 Å². The van der Waals surface area contributed by atoms with E-state index in [1.54, 1.807) is 0 Å². The molecule has 0 radical (unpaired) electrons. The second kappa shape index (κ2) is 4.60. The first-order chi connectivity index (χ1) is 7.31. The van der Waals surface area contributed by atoms with Crippen molar-refractivity contribution in [1.82, 2.24) is 9.97 Å². The van der Waals surface area contributed by atoms with E-state index in [9.17, 15) is 0 Å². The number of rotatable bonds is 5. The first-order valence-corrected chi connectivity index (χ1v) is 5.86. The molecule has 1 aromatic heterocycles. The summed E-state index contributed by atoms with van der Waals surface area (Å²) in [5, 5.41) is 3.11. The molecule has 1 aliphatic carbocycles. The van der Waals surface area contributed by atoms with E-state index in [2.05, 4.69) is 28.3 Å². The molecule has 0 unspecified atom stereocenters. The van der Waals surface area contributed by atoms with Crippen LogP contribution >= 0.6 is 0 Å². The van der Waals surface area contributed by atoms with Gasteiger partial charge in [-0.3, -0.25) is 0 Å². The molecule has 0 amide bonds. The SMILES string of the molecule is CCCc1cc(NC)nc(CC2CC2)n1. The summed E-state index contributed by atoms with van der Waals surface area (Å²) in [6, 6.07) is 2.06. The van der Waals surface area contributed by atoms with Gasteiger partial charge in [-0.2, -0.15) is 0 Å². The number of aromatic nitrogens is 2. The number of aryl methyl sites for hydroxylation is 1. The van der Waals surface area contributed by atoms with Gasteiger partial charge in [0.2, 0.25) is 0 Å². The van der Waals surface area contributed by atoms with Crippen molar-refractivity contribution >= 4 is 5.82 Å². The number of nitrogens with zero attached hydrogens (tertiary/aromatic N) is 2. The Bertz CT molecular complexity index is 332. The Morgan fingerprint density at radius 3 is 2.80 bits per heavy atom. The number of hydrogen-bond donors (Lipinski definition) is 1. The Morgan fingerprint density at radius 1 is 1.40 bits per heavy atom. The molecule has 2 rings (SSSR count). The van der Waals surface area contributed by atoms with Crippen molar-refractivity contribution in [3.05, 3.63) is 17.6 Å². The third-order valence-corrected chi connectivity index (χ3v) is 2.76. The molecule has 0 aliphatic heterocycles. The van der Waals surface area contributed by atoms with E-state index in [1.807, 2.05) is 7.05 Å². The van der Waals surface area contributed by atoms with Crippen LogP contribution in [-0.4, -0.2) is 17.0 Å². The maximum atomic E-state index is 4.60. The fourth-order valence-corrected chi connectivity index (χ4v) is 1.74. The van der Waals surface area contributed by atoms with E-state index >= 15 is 0 Å². The Labute approximate surface area is 91.3 Å². The van der Waals surface area contributed by atoms with Gasteiger partial charge < -0.3 is 5.32 Å². The lowest BCUT2D eigenvalue weighted by molar-refractivity contribution is 0.750. The van der Waals surface area contributed by atoms with E-state index in [-0.39, 0.29) is 0 Å². The standard InChI is InChI=1S/C12H19N3/c1-3-4-10-8-11(13-2)15-12(14-10)7-9-5-6-9/h8-9H,3-7H2,1-2H3,(H,13,14,15). The maximum Gasteiger partial charge on any atom is 0.131 e. The Hall–Kier alpha value is -1.12. The molecule has 1 N–H and O–H groups in total. The third kappa shape index (κ3) is 2.91. The van der Waals surface area contributed by atoms with E-state index < -0.39 is 0 Å². The normalized spacial score (nSPS) is 15.3. The van der Waals surface area contributed by atoms with Crippen LogP contribution in [0.25, 0.3) is 0 Å². The number of nitrogens with one attached hydrogen (secondary N) is 1. The summed E-state index contributed by atoms with van der Waals surface area (Å²) in [5.41, 5.74) is 1.17. The summed E-state index contributed by atoms with van der Waals surface area (Å²) in [7, 11) is 1.92. The molecule has 82 valence electrons. The summed E-state index contributed by atoms with van der Waals surface area (Å²) in [5.74, 6) is 2.84. The van der Waals surface area contributed by atoms with E-state index in [0.29, 0.717) is 0 Å². The minimum Gasteiger partial charge on any atom is -0.373 e. The average Bonchev–Trinajstić information content (AvgIpc) is 3.02. The lowest BCUT2D eigenvalue weighted by atomic mass is 10.2. The number of anilines is 1. The molecule has 1 aliphatic rings. The van der Waals surface area contributed by atoms with Crippen LogP contribution in [-0.2, 0) is 12.8 Å². The summed E-state index contributed by atoms with van der Waals surface area (Å²) < 4.78 is 0. The fraction of sp³-hybridized carbons (Fsp3) is 0.667. The van der Waals surface area contributed by atoms with Crippen molar-refractivity contribution in [2.24, 2.45) is 5.92 Å². The van der Waals surface area contributed by atoms with Crippen LogP contribution in [0.3, 0.4) is 0 Å². The van der Waals surface area contributed by atoms with Gasteiger partial charge in [-0.15, -0.1) is 0 Å². The van der Waals surface area contributed by atoms with Crippen molar-refractivity contribution in [1.29, 1.82) is 0 Å². The van der Waals surface area contributed by atoms with E-state index in [0.717, 1.165) is 36.8 Å². The van der Waals surface area contributed by atoms with Crippen LogP contribution in [0.1, 0.15) is 37.7 Å². The van der Waals surface area contributed by atoms with Crippen LogP contribution in [0.2, 0.25) is 0 Å². The van der Waals surface area contributed by atoms with Crippen LogP contribution in [0.4, 0.5) is 5.82 Å². The molecule has 0 spiro atoms. The zero-order valence-corrected chi connectivity index (χ0v) is 9.58. The molecule has 0 aromatic carbocycles. The van der Waals surface area contributed by atoms with E-state index in [1.165, 1.54) is 18.5 Å². The molecule has 3 heteroatoms. The number of hydrogen-bond acceptors (Lipinski definition) is 3. The van der Waals surface area contributed by atoms with Crippen molar-refractivity contribution in [3.63, 3.8) is 0 Å². The molecule has 0 atom stereocenters. The van der Waals surface area contributed by atoms with Crippen molar-refractivity contribution < 1.29 is 0 Å². The molecule has 1 fully saturated rings. The molecule has 15 heavy (non-hydrogen) atoms. The largest absolute Gasteiger partial charge is 0.373 e. The average molecular weight is 205 g/mol. The highest BCUT2D eigenvalue weighted by molar-refractivity contribution is 5.35. The second-order valence-electron chi connectivity index (χ2n) is 4.31. The smallest absolute Gasteiger partial charge is 0.131 e. The molecular weight excluding hydrogens is 186 g/mol. The van der Waals surface area contributed by atoms with Gasteiger partial charge in [-0.25, -0.2) is 9.97 Å². The monoisotopic (exact) mass is 205 g/mol. The summed E-state index contributed by atoms with van der Waals surface area (Å²) in [4.78, 5) is 9.09. The second-order valence-corrected chi connectivity index (χ2v) is 4.31. The zero-order chi connectivity index (χ0) is 10.7. The summed E-state index contributed by atoms with van der Waals surface area (Å²) in [6.45, 7) is 2.18. The predicted octanol–water partition coefficient (Wildman–Crippen LogP) is 2.42.